The van der Waals surface area contributed by atoms with Crippen LogP contribution in [-0.2, 0) is 20.9 Å². The standard InChI is InChI=1S/C18H29NO6/c1-13(2)19-10-16(20)12-25-17-6-4-15(5-7-17)11-23-8-9-24-14(3)18(21)22/h4-7,13-14,16,19-20H,8-12H2,1-3H3,(H,21,22). The molecular weight excluding hydrogens is 326 g/mol. The van der Waals surface area contributed by atoms with Crippen LogP contribution in [0.1, 0.15) is 26.3 Å². The molecule has 1 aromatic rings. The Kier molecular flexibility index (Phi) is 10.1. The molecule has 7 heteroatoms. The minimum Gasteiger partial charge on any atom is -0.491 e. The number of hydrogen-bond acceptors (Lipinski definition) is 6. The Hall–Kier alpha value is -1.67. The summed E-state index contributed by atoms with van der Waals surface area (Å²) < 4.78 is 16.1. The molecule has 0 spiro atoms. The Morgan fingerprint density at radius 3 is 2.44 bits per heavy atom. The maximum atomic E-state index is 10.6. The number of aliphatic hydroxyl groups excluding tert-OH is 1. The van der Waals surface area contributed by atoms with Gasteiger partial charge in [0, 0.05) is 12.6 Å². The van der Waals surface area contributed by atoms with E-state index in [9.17, 15) is 9.90 Å². The minimum atomic E-state index is -0.985. The number of rotatable bonds is 13. The monoisotopic (exact) mass is 355 g/mol. The van der Waals surface area contributed by atoms with E-state index in [4.69, 9.17) is 19.3 Å². The van der Waals surface area contributed by atoms with E-state index in [-0.39, 0.29) is 13.2 Å². The van der Waals surface area contributed by atoms with Crippen molar-refractivity contribution in [1.29, 1.82) is 0 Å². The van der Waals surface area contributed by atoms with Gasteiger partial charge in [-0.2, -0.15) is 0 Å². The van der Waals surface area contributed by atoms with Crippen LogP contribution in [-0.4, -0.2) is 60.8 Å². The van der Waals surface area contributed by atoms with Crippen molar-refractivity contribution < 1.29 is 29.2 Å². The van der Waals surface area contributed by atoms with Crippen molar-refractivity contribution in [2.45, 2.75) is 45.6 Å². The van der Waals surface area contributed by atoms with E-state index in [1.54, 1.807) is 0 Å². The molecule has 0 saturated carbocycles. The van der Waals surface area contributed by atoms with Crippen molar-refractivity contribution in [2.75, 3.05) is 26.4 Å². The van der Waals surface area contributed by atoms with Gasteiger partial charge in [0.2, 0.25) is 0 Å². The van der Waals surface area contributed by atoms with E-state index in [0.717, 1.165) is 5.56 Å². The molecule has 0 fully saturated rings. The molecule has 7 nitrogen and oxygen atoms in total. The molecule has 0 aliphatic heterocycles. The normalized spacial score (nSPS) is 13.6. The quantitative estimate of drug-likeness (QED) is 0.461. The maximum Gasteiger partial charge on any atom is 0.332 e. The van der Waals surface area contributed by atoms with Crippen molar-refractivity contribution in [3.8, 4) is 5.75 Å². The predicted molar refractivity (Wildman–Crippen MR) is 93.8 cm³/mol. The van der Waals surface area contributed by atoms with Crippen molar-refractivity contribution in [1.82, 2.24) is 5.32 Å². The van der Waals surface area contributed by atoms with Crippen LogP contribution in [0.25, 0.3) is 0 Å². The lowest BCUT2D eigenvalue weighted by atomic mass is 10.2. The Labute approximate surface area is 148 Å². The van der Waals surface area contributed by atoms with Gasteiger partial charge in [0.15, 0.2) is 6.10 Å². The number of hydrogen-bond donors (Lipinski definition) is 3. The molecule has 142 valence electrons. The second-order valence-electron chi connectivity index (χ2n) is 6.08. The average molecular weight is 355 g/mol. The van der Waals surface area contributed by atoms with Crippen molar-refractivity contribution in [3.63, 3.8) is 0 Å². The highest BCUT2D eigenvalue weighted by Crippen LogP contribution is 2.13. The zero-order chi connectivity index (χ0) is 18.7. The van der Waals surface area contributed by atoms with Crippen molar-refractivity contribution >= 4 is 5.97 Å². The molecule has 2 atom stereocenters. The number of carboxylic acid groups (broad SMARTS) is 1. The van der Waals surface area contributed by atoms with Gasteiger partial charge < -0.3 is 29.7 Å². The number of aliphatic carboxylic acids is 1. The third kappa shape index (κ3) is 10.0. The summed E-state index contributed by atoms with van der Waals surface area (Å²) in [4.78, 5) is 10.6. The summed E-state index contributed by atoms with van der Waals surface area (Å²) in [6, 6.07) is 7.74. The molecule has 25 heavy (non-hydrogen) atoms. The Balaban J connectivity index is 2.19. The van der Waals surface area contributed by atoms with Gasteiger partial charge in [0.05, 0.1) is 19.8 Å². The lowest BCUT2D eigenvalue weighted by molar-refractivity contribution is -0.150. The van der Waals surface area contributed by atoms with Crippen LogP contribution < -0.4 is 10.1 Å². The van der Waals surface area contributed by atoms with Crippen LogP contribution in [0, 0.1) is 0 Å². The first-order chi connectivity index (χ1) is 11.9. The van der Waals surface area contributed by atoms with Gasteiger partial charge in [0.25, 0.3) is 0 Å². The van der Waals surface area contributed by atoms with Gasteiger partial charge >= 0.3 is 5.97 Å². The Morgan fingerprint density at radius 1 is 1.16 bits per heavy atom. The number of ether oxygens (including phenoxy) is 3. The third-order valence-corrected chi connectivity index (χ3v) is 3.34. The fourth-order valence-corrected chi connectivity index (χ4v) is 1.85. The molecule has 1 rings (SSSR count). The highest BCUT2D eigenvalue weighted by atomic mass is 16.5. The summed E-state index contributed by atoms with van der Waals surface area (Å²) in [6.07, 6.45) is -1.38. The smallest absolute Gasteiger partial charge is 0.332 e. The number of aliphatic hydroxyl groups is 1. The molecule has 0 radical (unpaired) electrons. The van der Waals surface area contributed by atoms with E-state index in [0.29, 0.717) is 31.5 Å². The van der Waals surface area contributed by atoms with Gasteiger partial charge in [-0.3, -0.25) is 0 Å². The second kappa shape index (κ2) is 11.8. The number of carbonyl (C=O) groups is 1. The number of benzene rings is 1. The molecule has 0 bridgehead atoms. The molecular formula is C18H29NO6. The Bertz CT molecular complexity index is 491. The minimum absolute atomic E-state index is 0.231. The zero-order valence-electron chi connectivity index (χ0n) is 15.1. The summed E-state index contributed by atoms with van der Waals surface area (Å²) >= 11 is 0. The SMILES string of the molecule is CC(C)NCC(O)COc1ccc(COCCOC(C)C(=O)O)cc1. The van der Waals surface area contributed by atoms with Crippen molar-refractivity contribution in [3.05, 3.63) is 29.8 Å². The molecule has 0 aliphatic carbocycles. The van der Waals surface area contributed by atoms with Crippen LogP contribution >= 0.6 is 0 Å². The molecule has 0 saturated heterocycles. The van der Waals surface area contributed by atoms with Crippen LogP contribution in [0.15, 0.2) is 24.3 Å². The average Bonchev–Trinajstić information content (AvgIpc) is 2.58. The first-order valence-electron chi connectivity index (χ1n) is 8.43. The van der Waals surface area contributed by atoms with E-state index in [1.807, 2.05) is 38.1 Å². The summed E-state index contributed by atoms with van der Waals surface area (Å²) in [7, 11) is 0. The third-order valence-electron chi connectivity index (χ3n) is 3.34. The summed E-state index contributed by atoms with van der Waals surface area (Å²) in [5.41, 5.74) is 0.973. The van der Waals surface area contributed by atoms with E-state index in [2.05, 4.69) is 5.32 Å². The fourth-order valence-electron chi connectivity index (χ4n) is 1.85. The topological polar surface area (TPSA) is 97.3 Å². The second-order valence-corrected chi connectivity index (χ2v) is 6.08. The van der Waals surface area contributed by atoms with Gasteiger partial charge in [0.1, 0.15) is 18.5 Å². The summed E-state index contributed by atoms with van der Waals surface area (Å²) in [5, 5.41) is 21.6. The number of nitrogens with one attached hydrogen (secondary N) is 1. The van der Waals surface area contributed by atoms with Crippen LogP contribution in [0.5, 0.6) is 5.75 Å². The van der Waals surface area contributed by atoms with Gasteiger partial charge in [-0.05, 0) is 24.6 Å². The molecule has 0 aromatic heterocycles. The van der Waals surface area contributed by atoms with Gasteiger partial charge in [-0.25, -0.2) is 4.79 Å². The number of carboxylic acids is 1. The molecule has 0 heterocycles. The van der Waals surface area contributed by atoms with E-state index in [1.165, 1.54) is 6.92 Å². The maximum absolute atomic E-state index is 10.6. The first kappa shape index (κ1) is 21.4. The molecule has 0 amide bonds. The highest BCUT2D eigenvalue weighted by molar-refractivity contribution is 5.71. The largest absolute Gasteiger partial charge is 0.491 e. The van der Waals surface area contributed by atoms with E-state index >= 15 is 0 Å². The van der Waals surface area contributed by atoms with Crippen LogP contribution in [0.2, 0.25) is 0 Å². The van der Waals surface area contributed by atoms with Crippen molar-refractivity contribution in [2.24, 2.45) is 0 Å². The fraction of sp³-hybridized carbons (Fsp3) is 0.611. The van der Waals surface area contributed by atoms with Crippen LogP contribution in [0.3, 0.4) is 0 Å². The van der Waals surface area contributed by atoms with E-state index < -0.39 is 18.2 Å². The van der Waals surface area contributed by atoms with Crippen LogP contribution in [0.4, 0.5) is 0 Å². The summed E-state index contributed by atoms with van der Waals surface area (Å²) in [6.45, 7) is 7.21. The Morgan fingerprint density at radius 2 is 1.84 bits per heavy atom. The summed E-state index contributed by atoms with van der Waals surface area (Å²) in [5.74, 6) is -0.299. The molecule has 2 unspecified atom stereocenters. The molecule has 1 aromatic carbocycles. The van der Waals surface area contributed by atoms with Gasteiger partial charge in [-0.15, -0.1) is 0 Å². The molecule has 3 N–H and O–H groups in total. The lowest BCUT2D eigenvalue weighted by Crippen LogP contribution is -2.35. The zero-order valence-corrected chi connectivity index (χ0v) is 15.1. The molecule has 0 aliphatic rings. The highest BCUT2D eigenvalue weighted by Gasteiger charge is 2.10. The van der Waals surface area contributed by atoms with Gasteiger partial charge in [-0.1, -0.05) is 26.0 Å². The lowest BCUT2D eigenvalue weighted by Gasteiger charge is -2.15. The predicted octanol–water partition coefficient (Wildman–Crippen LogP) is 1.43. The first-order valence-corrected chi connectivity index (χ1v) is 8.43.